The van der Waals surface area contributed by atoms with Gasteiger partial charge in [-0.15, -0.1) is 6.58 Å². The molecule has 11 heavy (non-hydrogen) atoms. The largest absolute Gasteiger partial charge is 0.103 e. The Morgan fingerprint density at radius 2 is 2.00 bits per heavy atom. The van der Waals surface area contributed by atoms with Gasteiger partial charge in [-0.1, -0.05) is 45.6 Å². The predicted molar refractivity (Wildman–Crippen MR) is 52.4 cm³/mol. The summed E-state index contributed by atoms with van der Waals surface area (Å²) in [5.41, 5.74) is 0. The minimum absolute atomic E-state index is 0.777. The molecule has 0 heterocycles. The highest BCUT2D eigenvalue weighted by molar-refractivity contribution is 4.91. The zero-order valence-electron chi connectivity index (χ0n) is 7.97. The second-order valence-corrected chi connectivity index (χ2v) is 3.09. The molecular weight excluding hydrogens is 132 g/mol. The van der Waals surface area contributed by atoms with Crippen LogP contribution >= 0.6 is 0 Å². The van der Waals surface area contributed by atoms with Gasteiger partial charge in [0.05, 0.1) is 0 Å². The number of allylic oxidation sites excluding steroid dienone is 1. The summed E-state index contributed by atoms with van der Waals surface area (Å²) in [5, 5.41) is 0. The Balaban J connectivity index is 3.27. The highest BCUT2D eigenvalue weighted by atomic mass is 14.1. The SMILES string of the molecule is C=C[CH]C(CC)CCCCC. The minimum atomic E-state index is 0.777. The topological polar surface area (TPSA) is 0 Å². The van der Waals surface area contributed by atoms with Gasteiger partial charge in [0.25, 0.3) is 0 Å². The van der Waals surface area contributed by atoms with E-state index in [1.54, 1.807) is 0 Å². The molecule has 0 aromatic heterocycles. The van der Waals surface area contributed by atoms with Crippen LogP contribution in [-0.2, 0) is 0 Å². The van der Waals surface area contributed by atoms with Crippen LogP contribution in [0.15, 0.2) is 12.7 Å². The summed E-state index contributed by atoms with van der Waals surface area (Å²) in [6.07, 6.45) is 10.8. The highest BCUT2D eigenvalue weighted by Crippen LogP contribution is 2.16. The summed E-state index contributed by atoms with van der Waals surface area (Å²) in [4.78, 5) is 0. The lowest BCUT2D eigenvalue weighted by molar-refractivity contribution is 0.507. The van der Waals surface area contributed by atoms with Crippen molar-refractivity contribution in [3.63, 3.8) is 0 Å². The molecule has 1 atom stereocenters. The minimum Gasteiger partial charge on any atom is -0.103 e. The zero-order chi connectivity index (χ0) is 8.53. The molecule has 1 radical (unpaired) electrons. The Morgan fingerprint density at radius 3 is 2.45 bits per heavy atom. The first kappa shape index (κ1) is 10.7. The third-order valence-corrected chi connectivity index (χ3v) is 2.11. The molecule has 0 bridgehead atoms. The van der Waals surface area contributed by atoms with Crippen LogP contribution in [0.25, 0.3) is 0 Å². The molecule has 0 N–H and O–H groups in total. The molecule has 0 aliphatic rings. The van der Waals surface area contributed by atoms with Gasteiger partial charge in [-0.05, 0) is 18.8 Å². The fraction of sp³-hybridized carbons (Fsp3) is 0.727. The van der Waals surface area contributed by atoms with Gasteiger partial charge < -0.3 is 0 Å². The molecule has 0 aliphatic heterocycles. The molecule has 1 unspecified atom stereocenters. The zero-order valence-corrected chi connectivity index (χ0v) is 7.97. The second kappa shape index (κ2) is 7.84. The maximum absolute atomic E-state index is 3.72. The fourth-order valence-corrected chi connectivity index (χ4v) is 1.29. The van der Waals surface area contributed by atoms with E-state index in [1.165, 1.54) is 32.1 Å². The Kier molecular flexibility index (Phi) is 7.66. The van der Waals surface area contributed by atoms with E-state index in [-0.39, 0.29) is 0 Å². The average Bonchev–Trinajstić information content (AvgIpc) is 2.03. The maximum atomic E-state index is 3.72. The first-order valence-electron chi connectivity index (χ1n) is 4.81. The van der Waals surface area contributed by atoms with Crippen molar-refractivity contribution < 1.29 is 0 Å². The Labute approximate surface area is 71.7 Å². The van der Waals surface area contributed by atoms with Crippen LogP contribution in [0.4, 0.5) is 0 Å². The molecule has 0 amide bonds. The normalized spacial score (nSPS) is 12.9. The first-order chi connectivity index (χ1) is 5.35. The van der Waals surface area contributed by atoms with Crippen molar-refractivity contribution in [1.82, 2.24) is 0 Å². The third-order valence-electron chi connectivity index (χ3n) is 2.11. The number of unbranched alkanes of at least 4 members (excludes halogenated alkanes) is 2. The van der Waals surface area contributed by atoms with E-state index in [4.69, 9.17) is 0 Å². The quantitative estimate of drug-likeness (QED) is 0.485. The molecule has 0 spiro atoms. The van der Waals surface area contributed by atoms with Crippen LogP contribution in [0.2, 0.25) is 0 Å². The monoisotopic (exact) mass is 153 g/mol. The smallest absolute Gasteiger partial charge is 0.0142 e. The Morgan fingerprint density at radius 1 is 1.27 bits per heavy atom. The third kappa shape index (κ3) is 6.15. The van der Waals surface area contributed by atoms with Gasteiger partial charge in [-0.2, -0.15) is 0 Å². The lowest BCUT2D eigenvalue weighted by Gasteiger charge is -2.10. The predicted octanol–water partition coefficient (Wildman–Crippen LogP) is 3.98. The molecule has 0 aromatic rings. The molecule has 0 nitrogen and oxygen atoms in total. The van der Waals surface area contributed by atoms with E-state index < -0.39 is 0 Å². The van der Waals surface area contributed by atoms with Crippen molar-refractivity contribution >= 4 is 0 Å². The van der Waals surface area contributed by atoms with Gasteiger partial charge in [0.15, 0.2) is 0 Å². The van der Waals surface area contributed by atoms with E-state index in [0.717, 1.165) is 5.92 Å². The van der Waals surface area contributed by atoms with Gasteiger partial charge in [0.2, 0.25) is 0 Å². The first-order valence-corrected chi connectivity index (χ1v) is 4.81. The molecule has 0 rings (SSSR count). The molecule has 0 aromatic carbocycles. The van der Waals surface area contributed by atoms with Gasteiger partial charge in [0.1, 0.15) is 0 Å². The van der Waals surface area contributed by atoms with Crippen LogP contribution < -0.4 is 0 Å². The summed E-state index contributed by atoms with van der Waals surface area (Å²) in [6.45, 7) is 8.22. The summed E-state index contributed by atoms with van der Waals surface area (Å²) < 4.78 is 0. The van der Waals surface area contributed by atoms with Crippen LogP contribution in [-0.4, -0.2) is 0 Å². The number of rotatable bonds is 7. The van der Waals surface area contributed by atoms with Gasteiger partial charge in [0, 0.05) is 0 Å². The van der Waals surface area contributed by atoms with Crippen LogP contribution in [0.3, 0.4) is 0 Å². The van der Waals surface area contributed by atoms with Crippen LogP contribution in [0.1, 0.15) is 46.0 Å². The summed E-state index contributed by atoms with van der Waals surface area (Å²) in [6, 6.07) is 0. The maximum Gasteiger partial charge on any atom is -0.0142 e. The standard InChI is InChI=1S/C11H21/c1-4-7-8-10-11(6-3)9-5-2/h5,9,11H,2,4,6-8,10H2,1,3H3. The van der Waals surface area contributed by atoms with E-state index >= 15 is 0 Å². The number of hydrogen-bond acceptors (Lipinski definition) is 0. The van der Waals surface area contributed by atoms with Crippen molar-refractivity contribution in [3.05, 3.63) is 19.1 Å². The molecule has 0 saturated heterocycles. The van der Waals surface area contributed by atoms with Crippen molar-refractivity contribution in [1.29, 1.82) is 0 Å². The van der Waals surface area contributed by atoms with Gasteiger partial charge in [-0.3, -0.25) is 0 Å². The fourth-order valence-electron chi connectivity index (χ4n) is 1.29. The van der Waals surface area contributed by atoms with E-state index in [2.05, 4.69) is 26.8 Å². The Bertz CT molecular complexity index is 84.0. The Hall–Kier alpha value is -0.260. The lowest BCUT2D eigenvalue weighted by Crippen LogP contribution is -1.97. The molecule has 0 saturated carbocycles. The molecule has 65 valence electrons. The van der Waals surface area contributed by atoms with E-state index in [1.807, 2.05) is 6.08 Å². The molecular formula is C11H21. The molecule has 0 heteroatoms. The molecule has 0 aliphatic carbocycles. The average molecular weight is 153 g/mol. The van der Waals surface area contributed by atoms with Crippen LogP contribution in [0, 0.1) is 12.3 Å². The van der Waals surface area contributed by atoms with Crippen molar-refractivity contribution in [3.8, 4) is 0 Å². The van der Waals surface area contributed by atoms with Crippen molar-refractivity contribution in [2.45, 2.75) is 46.0 Å². The van der Waals surface area contributed by atoms with E-state index in [9.17, 15) is 0 Å². The lowest BCUT2D eigenvalue weighted by atomic mass is 9.95. The second-order valence-electron chi connectivity index (χ2n) is 3.09. The summed E-state index contributed by atoms with van der Waals surface area (Å²) >= 11 is 0. The van der Waals surface area contributed by atoms with Crippen molar-refractivity contribution in [2.24, 2.45) is 5.92 Å². The summed E-state index contributed by atoms with van der Waals surface area (Å²) in [5.74, 6) is 0.777. The molecule has 0 fully saturated rings. The number of hydrogen-bond donors (Lipinski definition) is 0. The van der Waals surface area contributed by atoms with Crippen molar-refractivity contribution in [2.75, 3.05) is 0 Å². The summed E-state index contributed by atoms with van der Waals surface area (Å²) in [7, 11) is 0. The highest BCUT2D eigenvalue weighted by Gasteiger charge is 2.02. The van der Waals surface area contributed by atoms with Crippen LogP contribution in [0.5, 0.6) is 0 Å². The van der Waals surface area contributed by atoms with E-state index in [0.29, 0.717) is 0 Å². The van der Waals surface area contributed by atoms with Gasteiger partial charge in [-0.25, -0.2) is 0 Å². The van der Waals surface area contributed by atoms with Gasteiger partial charge >= 0.3 is 0 Å².